The average Bonchev–Trinajstić information content (AvgIpc) is 2.33. The minimum atomic E-state index is 0.153. The van der Waals surface area contributed by atoms with Gasteiger partial charge in [-0.25, -0.2) is 0 Å². The van der Waals surface area contributed by atoms with Crippen LogP contribution in [0, 0.1) is 0 Å². The lowest BCUT2D eigenvalue weighted by Gasteiger charge is -2.14. The summed E-state index contributed by atoms with van der Waals surface area (Å²) in [6.07, 6.45) is 5.96. The molecule has 0 aliphatic rings. The molecule has 0 amide bonds. The van der Waals surface area contributed by atoms with E-state index in [1.807, 2.05) is 30.4 Å². The van der Waals surface area contributed by atoms with E-state index in [-0.39, 0.29) is 6.61 Å². The maximum Gasteiger partial charge on any atom is 0.126 e. The Hall–Kier alpha value is -1.54. The quantitative estimate of drug-likeness (QED) is 0.551. The lowest BCUT2D eigenvalue weighted by atomic mass is 10.0. The van der Waals surface area contributed by atoms with E-state index in [1.165, 1.54) is 0 Å². The molecule has 0 atom stereocenters. The van der Waals surface area contributed by atoms with Gasteiger partial charge in [-0.05, 0) is 24.0 Å². The van der Waals surface area contributed by atoms with Crippen LogP contribution in [-0.2, 0) is 12.8 Å². The number of para-hydroxylation sites is 1. The molecule has 0 radical (unpaired) electrons. The van der Waals surface area contributed by atoms with Crippen molar-refractivity contribution in [1.82, 2.24) is 0 Å². The van der Waals surface area contributed by atoms with Crippen molar-refractivity contribution < 1.29 is 9.84 Å². The third-order valence-electron chi connectivity index (χ3n) is 2.46. The van der Waals surface area contributed by atoms with Crippen molar-refractivity contribution in [2.45, 2.75) is 19.3 Å². The van der Waals surface area contributed by atoms with Gasteiger partial charge in [-0.15, -0.1) is 13.2 Å². The second-order valence-electron chi connectivity index (χ2n) is 3.82. The molecule has 0 bridgehead atoms. The number of aliphatic hydroxyl groups excluding tert-OH is 1. The molecule has 1 aromatic carbocycles. The average molecular weight is 232 g/mol. The Bertz CT molecular complexity index is 341. The van der Waals surface area contributed by atoms with Crippen LogP contribution in [0.1, 0.15) is 17.5 Å². The molecule has 0 fully saturated rings. The van der Waals surface area contributed by atoms with E-state index in [9.17, 15) is 0 Å². The Morgan fingerprint density at radius 3 is 2.18 bits per heavy atom. The van der Waals surface area contributed by atoms with E-state index in [1.54, 1.807) is 0 Å². The second-order valence-corrected chi connectivity index (χ2v) is 3.82. The minimum absolute atomic E-state index is 0.153. The molecule has 2 heteroatoms. The molecule has 17 heavy (non-hydrogen) atoms. The fourth-order valence-corrected chi connectivity index (χ4v) is 1.69. The highest BCUT2D eigenvalue weighted by Gasteiger charge is 2.07. The number of benzene rings is 1. The number of allylic oxidation sites excluding steroid dienone is 2. The first-order chi connectivity index (χ1) is 8.33. The predicted octanol–water partition coefficient (Wildman–Crippen LogP) is 2.90. The molecule has 0 heterocycles. The van der Waals surface area contributed by atoms with Crippen LogP contribution in [-0.4, -0.2) is 18.3 Å². The van der Waals surface area contributed by atoms with Crippen molar-refractivity contribution in [3.05, 3.63) is 54.6 Å². The molecule has 0 saturated heterocycles. The molecular formula is C15H20O2. The number of rotatable bonds is 8. The van der Waals surface area contributed by atoms with Gasteiger partial charge in [0.05, 0.1) is 6.61 Å². The van der Waals surface area contributed by atoms with Gasteiger partial charge in [0.1, 0.15) is 5.75 Å². The summed E-state index contributed by atoms with van der Waals surface area (Å²) in [5.74, 6) is 0.917. The highest BCUT2D eigenvalue weighted by Crippen LogP contribution is 2.25. The Morgan fingerprint density at radius 1 is 1.12 bits per heavy atom. The van der Waals surface area contributed by atoms with E-state index >= 15 is 0 Å². The number of ether oxygens (including phenoxy) is 1. The Balaban J connectivity index is 2.91. The molecule has 0 spiro atoms. The lowest BCUT2D eigenvalue weighted by Crippen LogP contribution is -2.04. The lowest BCUT2D eigenvalue weighted by molar-refractivity contribution is 0.232. The van der Waals surface area contributed by atoms with Gasteiger partial charge < -0.3 is 9.84 Å². The minimum Gasteiger partial charge on any atom is -0.493 e. The SMILES string of the molecule is C=CCc1cccc(CC=C)c1OCCCO. The number of hydrogen-bond acceptors (Lipinski definition) is 2. The van der Waals surface area contributed by atoms with Crippen LogP contribution >= 0.6 is 0 Å². The monoisotopic (exact) mass is 232 g/mol. The number of hydrogen-bond donors (Lipinski definition) is 1. The van der Waals surface area contributed by atoms with Crippen molar-refractivity contribution in [1.29, 1.82) is 0 Å². The van der Waals surface area contributed by atoms with Gasteiger partial charge in [-0.2, -0.15) is 0 Å². The van der Waals surface area contributed by atoms with Crippen LogP contribution < -0.4 is 4.74 Å². The van der Waals surface area contributed by atoms with Crippen molar-refractivity contribution in [3.8, 4) is 5.75 Å². The van der Waals surface area contributed by atoms with Gasteiger partial charge in [0, 0.05) is 13.0 Å². The fraction of sp³-hybridized carbons (Fsp3) is 0.333. The molecule has 0 aromatic heterocycles. The van der Waals surface area contributed by atoms with Crippen LogP contribution in [0.25, 0.3) is 0 Å². The molecule has 2 nitrogen and oxygen atoms in total. The fourth-order valence-electron chi connectivity index (χ4n) is 1.69. The zero-order chi connectivity index (χ0) is 12.5. The van der Waals surface area contributed by atoms with Gasteiger partial charge in [-0.3, -0.25) is 0 Å². The van der Waals surface area contributed by atoms with Crippen LogP contribution in [0.15, 0.2) is 43.5 Å². The summed E-state index contributed by atoms with van der Waals surface area (Å²) in [5.41, 5.74) is 2.27. The smallest absolute Gasteiger partial charge is 0.126 e. The maximum atomic E-state index is 8.78. The van der Waals surface area contributed by atoms with Gasteiger partial charge in [0.2, 0.25) is 0 Å². The third kappa shape index (κ3) is 4.08. The highest BCUT2D eigenvalue weighted by molar-refractivity contribution is 5.43. The summed E-state index contributed by atoms with van der Waals surface area (Å²) < 4.78 is 5.76. The summed E-state index contributed by atoms with van der Waals surface area (Å²) in [6, 6.07) is 6.11. The van der Waals surface area contributed by atoms with Crippen molar-refractivity contribution in [3.63, 3.8) is 0 Å². The largest absolute Gasteiger partial charge is 0.493 e. The van der Waals surface area contributed by atoms with E-state index in [4.69, 9.17) is 9.84 Å². The van der Waals surface area contributed by atoms with Crippen LogP contribution in [0.3, 0.4) is 0 Å². The number of aliphatic hydroxyl groups is 1. The third-order valence-corrected chi connectivity index (χ3v) is 2.46. The summed E-state index contributed by atoms with van der Waals surface area (Å²) in [7, 11) is 0. The molecule has 1 aromatic rings. The first-order valence-corrected chi connectivity index (χ1v) is 5.89. The van der Waals surface area contributed by atoms with Gasteiger partial charge in [-0.1, -0.05) is 30.4 Å². The topological polar surface area (TPSA) is 29.5 Å². The van der Waals surface area contributed by atoms with Gasteiger partial charge in [0.25, 0.3) is 0 Å². The Morgan fingerprint density at radius 2 is 1.71 bits per heavy atom. The van der Waals surface area contributed by atoms with E-state index in [2.05, 4.69) is 13.2 Å². The molecule has 0 aliphatic heterocycles. The molecule has 92 valence electrons. The van der Waals surface area contributed by atoms with E-state index in [0.29, 0.717) is 13.0 Å². The first kappa shape index (κ1) is 13.5. The van der Waals surface area contributed by atoms with Crippen LogP contribution in [0.4, 0.5) is 0 Å². The summed E-state index contributed by atoms with van der Waals surface area (Å²) >= 11 is 0. The molecular weight excluding hydrogens is 212 g/mol. The zero-order valence-electron chi connectivity index (χ0n) is 10.2. The molecule has 0 unspecified atom stereocenters. The maximum absolute atomic E-state index is 8.78. The summed E-state index contributed by atoms with van der Waals surface area (Å²) in [4.78, 5) is 0. The van der Waals surface area contributed by atoms with Crippen molar-refractivity contribution >= 4 is 0 Å². The standard InChI is InChI=1S/C15H20O2/c1-3-7-13-9-5-10-14(8-4-2)15(13)17-12-6-11-16/h3-5,9-10,16H,1-2,6-8,11-12H2. The normalized spacial score (nSPS) is 9.94. The van der Waals surface area contributed by atoms with Crippen LogP contribution in [0.2, 0.25) is 0 Å². The predicted molar refractivity (Wildman–Crippen MR) is 71.4 cm³/mol. The van der Waals surface area contributed by atoms with Gasteiger partial charge in [0.15, 0.2) is 0 Å². The molecule has 1 N–H and O–H groups in total. The summed E-state index contributed by atoms with van der Waals surface area (Å²) in [6.45, 7) is 8.20. The van der Waals surface area contributed by atoms with E-state index in [0.717, 1.165) is 29.7 Å². The Kier molecular flexibility index (Phi) is 6.12. The molecule has 0 aliphatic carbocycles. The van der Waals surface area contributed by atoms with Crippen LogP contribution in [0.5, 0.6) is 5.75 Å². The summed E-state index contributed by atoms with van der Waals surface area (Å²) in [5, 5.41) is 8.78. The molecule has 0 saturated carbocycles. The molecule has 1 rings (SSSR count). The van der Waals surface area contributed by atoms with Gasteiger partial charge >= 0.3 is 0 Å². The first-order valence-electron chi connectivity index (χ1n) is 5.89. The van der Waals surface area contributed by atoms with Crippen molar-refractivity contribution in [2.24, 2.45) is 0 Å². The van der Waals surface area contributed by atoms with E-state index < -0.39 is 0 Å². The second kappa shape index (κ2) is 7.69. The Labute approximate surface area is 103 Å². The highest BCUT2D eigenvalue weighted by atomic mass is 16.5. The van der Waals surface area contributed by atoms with Crippen molar-refractivity contribution in [2.75, 3.05) is 13.2 Å². The zero-order valence-corrected chi connectivity index (χ0v) is 10.2.